The van der Waals surface area contributed by atoms with Crippen molar-refractivity contribution >= 4 is 17.3 Å². The molecule has 6 heteroatoms. The molecule has 0 spiro atoms. The molecule has 0 fully saturated rings. The average Bonchev–Trinajstić information content (AvgIpc) is 2.95. The lowest BCUT2D eigenvalue weighted by Crippen LogP contribution is -2.15. The molecule has 1 aliphatic rings. The van der Waals surface area contributed by atoms with Crippen LogP contribution in [0.1, 0.15) is 10.5 Å². The minimum absolute atomic E-state index is 0.323. The number of fused-ring (bicyclic) bond motifs is 1. The topological polar surface area (TPSA) is 57.7 Å². The molecule has 98 valence electrons. The normalized spacial score (nSPS) is 13.1. The van der Waals surface area contributed by atoms with Crippen LogP contribution in [0.15, 0.2) is 23.7 Å². The van der Waals surface area contributed by atoms with Gasteiger partial charge in [-0.1, -0.05) is 0 Å². The fourth-order valence-corrected chi connectivity index (χ4v) is 2.65. The quantitative estimate of drug-likeness (QED) is 0.789. The number of ether oxygens (including phenoxy) is 3. The molecular formula is C13H11NO4S. The highest BCUT2D eigenvalue weighted by Gasteiger charge is 2.19. The van der Waals surface area contributed by atoms with Gasteiger partial charge >= 0.3 is 5.97 Å². The van der Waals surface area contributed by atoms with E-state index in [1.165, 1.54) is 18.4 Å². The van der Waals surface area contributed by atoms with E-state index in [-0.39, 0.29) is 0 Å². The number of aromatic nitrogens is 1. The maximum Gasteiger partial charge on any atom is 0.358 e. The predicted molar refractivity (Wildman–Crippen MR) is 69.9 cm³/mol. The van der Waals surface area contributed by atoms with E-state index >= 15 is 0 Å². The first-order valence-corrected chi connectivity index (χ1v) is 6.59. The minimum atomic E-state index is -0.439. The lowest BCUT2D eigenvalue weighted by molar-refractivity contribution is 0.0596. The second-order valence-electron chi connectivity index (χ2n) is 3.88. The number of esters is 1. The summed E-state index contributed by atoms with van der Waals surface area (Å²) in [6.07, 6.45) is 0. The molecule has 2 aromatic rings. The standard InChI is InChI=1S/C13H11NO4S/c1-16-13(15)11-12(19-7-14-11)8-2-3-9-10(6-8)18-5-4-17-9/h2-3,6-7H,4-5H2,1H3. The number of hydrogen-bond donors (Lipinski definition) is 0. The highest BCUT2D eigenvalue weighted by atomic mass is 32.1. The summed E-state index contributed by atoms with van der Waals surface area (Å²) < 4.78 is 15.7. The monoisotopic (exact) mass is 277 g/mol. The maximum absolute atomic E-state index is 11.6. The van der Waals surface area contributed by atoms with Gasteiger partial charge in [-0.25, -0.2) is 9.78 Å². The van der Waals surface area contributed by atoms with Gasteiger partial charge in [0.2, 0.25) is 0 Å². The largest absolute Gasteiger partial charge is 0.486 e. The number of thiazole rings is 1. The Morgan fingerprint density at radius 1 is 1.32 bits per heavy atom. The smallest absolute Gasteiger partial charge is 0.358 e. The summed E-state index contributed by atoms with van der Waals surface area (Å²) in [4.78, 5) is 16.4. The number of hydrogen-bond acceptors (Lipinski definition) is 6. The fourth-order valence-electron chi connectivity index (χ4n) is 1.88. The zero-order valence-corrected chi connectivity index (χ0v) is 11.0. The summed E-state index contributed by atoms with van der Waals surface area (Å²) in [6.45, 7) is 1.09. The van der Waals surface area contributed by atoms with Crippen LogP contribution in [0.3, 0.4) is 0 Å². The molecule has 0 aliphatic carbocycles. The van der Waals surface area contributed by atoms with Crippen molar-refractivity contribution in [2.75, 3.05) is 20.3 Å². The van der Waals surface area contributed by atoms with Crippen LogP contribution in [0.4, 0.5) is 0 Å². The van der Waals surface area contributed by atoms with E-state index in [4.69, 9.17) is 14.2 Å². The molecule has 19 heavy (non-hydrogen) atoms. The van der Waals surface area contributed by atoms with E-state index < -0.39 is 5.97 Å². The molecule has 0 saturated heterocycles. The Kier molecular flexibility index (Phi) is 3.08. The molecule has 1 aromatic carbocycles. The van der Waals surface area contributed by atoms with E-state index in [1.807, 2.05) is 18.2 Å². The summed E-state index contributed by atoms with van der Waals surface area (Å²) in [5.41, 5.74) is 2.81. The highest BCUT2D eigenvalue weighted by Crippen LogP contribution is 2.37. The first-order chi connectivity index (χ1) is 9.29. The third-order valence-corrected chi connectivity index (χ3v) is 3.63. The van der Waals surface area contributed by atoms with Crippen molar-refractivity contribution in [3.63, 3.8) is 0 Å². The molecule has 0 radical (unpaired) electrons. The van der Waals surface area contributed by atoms with E-state index in [0.717, 1.165) is 16.2 Å². The Hall–Kier alpha value is -2.08. The van der Waals surface area contributed by atoms with Gasteiger partial charge in [-0.15, -0.1) is 11.3 Å². The first kappa shape index (κ1) is 12.0. The van der Waals surface area contributed by atoms with Crippen LogP contribution < -0.4 is 9.47 Å². The third kappa shape index (κ3) is 2.15. The van der Waals surface area contributed by atoms with Gasteiger partial charge in [0.25, 0.3) is 0 Å². The number of nitrogens with zero attached hydrogens (tertiary/aromatic N) is 1. The van der Waals surface area contributed by atoms with Crippen molar-refractivity contribution in [2.24, 2.45) is 0 Å². The maximum atomic E-state index is 11.6. The Morgan fingerprint density at radius 2 is 2.11 bits per heavy atom. The summed E-state index contributed by atoms with van der Waals surface area (Å²) >= 11 is 1.39. The molecule has 0 bridgehead atoms. The highest BCUT2D eigenvalue weighted by molar-refractivity contribution is 7.13. The van der Waals surface area contributed by atoms with Crippen LogP contribution in [0.2, 0.25) is 0 Å². The molecule has 0 amide bonds. The lowest BCUT2D eigenvalue weighted by atomic mass is 10.1. The van der Waals surface area contributed by atoms with Crippen molar-refractivity contribution in [3.05, 3.63) is 29.4 Å². The molecule has 0 atom stereocenters. The molecular weight excluding hydrogens is 266 g/mol. The van der Waals surface area contributed by atoms with Gasteiger partial charge in [0.15, 0.2) is 17.2 Å². The van der Waals surface area contributed by atoms with Gasteiger partial charge in [0, 0.05) is 0 Å². The molecule has 0 unspecified atom stereocenters. The lowest BCUT2D eigenvalue weighted by Gasteiger charge is -2.18. The molecule has 1 aromatic heterocycles. The second kappa shape index (κ2) is 4.89. The van der Waals surface area contributed by atoms with Gasteiger partial charge in [-0.3, -0.25) is 0 Å². The average molecular weight is 277 g/mol. The molecule has 0 N–H and O–H groups in total. The van der Waals surface area contributed by atoms with Gasteiger partial charge in [-0.2, -0.15) is 0 Å². The van der Waals surface area contributed by atoms with Crippen LogP contribution in [-0.2, 0) is 4.74 Å². The Morgan fingerprint density at radius 3 is 2.89 bits per heavy atom. The fraction of sp³-hybridized carbons (Fsp3) is 0.231. The SMILES string of the molecule is COC(=O)c1ncsc1-c1ccc2c(c1)OCCO2. The molecule has 0 saturated carbocycles. The van der Waals surface area contributed by atoms with Crippen molar-refractivity contribution in [1.29, 1.82) is 0 Å². The summed E-state index contributed by atoms with van der Waals surface area (Å²) in [6, 6.07) is 5.58. The van der Waals surface area contributed by atoms with Crippen molar-refractivity contribution in [3.8, 4) is 21.9 Å². The van der Waals surface area contributed by atoms with Crippen molar-refractivity contribution < 1.29 is 19.0 Å². The molecule has 5 nitrogen and oxygen atoms in total. The van der Waals surface area contributed by atoms with Gasteiger partial charge < -0.3 is 14.2 Å². The Labute approximate surface area is 113 Å². The zero-order chi connectivity index (χ0) is 13.2. The number of benzene rings is 1. The van der Waals surface area contributed by atoms with Crippen molar-refractivity contribution in [2.45, 2.75) is 0 Å². The molecule has 3 rings (SSSR count). The van der Waals surface area contributed by atoms with E-state index in [1.54, 1.807) is 5.51 Å². The number of carbonyl (C=O) groups excluding carboxylic acids is 1. The summed E-state index contributed by atoms with van der Waals surface area (Å²) in [5.74, 6) is 0.971. The first-order valence-electron chi connectivity index (χ1n) is 5.71. The number of methoxy groups -OCH3 is 1. The number of rotatable bonds is 2. The van der Waals surface area contributed by atoms with Gasteiger partial charge in [0.1, 0.15) is 13.2 Å². The summed E-state index contributed by atoms with van der Waals surface area (Å²) in [5, 5.41) is 0. The predicted octanol–water partition coefficient (Wildman–Crippen LogP) is 2.37. The Bertz CT molecular complexity index is 623. The third-order valence-electron chi connectivity index (χ3n) is 2.75. The van der Waals surface area contributed by atoms with Crippen molar-refractivity contribution in [1.82, 2.24) is 4.98 Å². The van der Waals surface area contributed by atoms with Crippen LogP contribution >= 0.6 is 11.3 Å². The van der Waals surface area contributed by atoms with E-state index in [2.05, 4.69) is 4.98 Å². The van der Waals surface area contributed by atoms with E-state index in [9.17, 15) is 4.79 Å². The van der Waals surface area contributed by atoms with Gasteiger partial charge in [-0.05, 0) is 23.8 Å². The molecule has 1 aliphatic heterocycles. The molecule has 2 heterocycles. The van der Waals surface area contributed by atoms with Crippen LogP contribution in [-0.4, -0.2) is 31.3 Å². The second-order valence-corrected chi connectivity index (χ2v) is 4.73. The Balaban J connectivity index is 2.03. The van der Waals surface area contributed by atoms with E-state index in [0.29, 0.717) is 24.7 Å². The summed E-state index contributed by atoms with van der Waals surface area (Å²) in [7, 11) is 1.34. The van der Waals surface area contributed by atoms with Crippen LogP contribution in [0, 0.1) is 0 Å². The zero-order valence-electron chi connectivity index (χ0n) is 10.2. The number of carbonyl (C=O) groups is 1. The van der Waals surface area contributed by atoms with Crippen LogP contribution in [0.5, 0.6) is 11.5 Å². The minimum Gasteiger partial charge on any atom is -0.486 e. The van der Waals surface area contributed by atoms with Gasteiger partial charge in [0.05, 0.1) is 17.5 Å². The van der Waals surface area contributed by atoms with Crippen LogP contribution in [0.25, 0.3) is 10.4 Å².